The number of benzene rings is 3. The maximum Gasteiger partial charge on any atom is 0.328 e. The van der Waals surface area contributed by atoms with Crippen LogP contribution in [0.1, 0.15) is 15.9 Å². The van der Waals surface area contributed by atoms with Crippen molar-refractivity contribution >= 4 is 120 Å². The number of ether oxygens (including phenoxy) is 2. The number of phenolic OH excluding ortho intramolecular Hbond substituents is 1. The smallest absolute Gasteiger partial charge is 0.328 e. The molecular formula is C27H18I4N2O7. The van der Waals surface area contributed by atoms with Crippen molar-refractivity contribution in [3.8, 4) is 17.2 Å². The van der Waals surface area contributed by atoms with Gasteiger partial charge < -0.3 is 19.9 Å². The van der Waals surface area contributed by atoms with Crippen molar-refractivity contribution in [1.82, 2.24) is 5.32 Å². The van der Waals surface area contributed by atoms with E-state index in [0.717, 1.165) is 29.8 Å². The largest absolute Gasteiger partial charge is 0.506 e. The molecule has 0 aliphatic carbocycles. The second-order valence-corrected chi connectivity index (χ2v) is 13.0. The minimum absolute atomic E-state index is 0.145. The molecule has 0 fully saturated rings. The standard InChI is InChI=1S/C27H18I4N2O7/c1-39-27(38)21(32-26(37)14-3-2-4-15(10-14)33-22(34)5-6-23(33)35)9-13-7-19(30)25(20(31)8-13)40-16-11-17(28)24(36)18(29)12-16/h2-8,10-12,21,36H,9H2,1H3,(H,32,37)/t21-/m0/s1. The van der Waals surface area contributed by atoms with E-state index in [9.17, 15) is 24.3 Å². The van der Waals surface area contributed by atoms with Crippen LogP contribution < -0.4 is 15.0 Å². The Hall–Kier alpha value is -2.00. The number of nitrogens with zero attached hydrogens (tertiary/aromatic N) is 1. The van der Waals surface area contributed by atoms with E-state index in [1.165, 1.54) is 19.2 Å². The second kappa shape index (κ2) is 13.3. The van der Waals surface area contributed by atoms with Crippen LogP contribution in [0.4, 0.5) is 5.69 Å². The molecule has 0 spiro atoms. The van der Waals surface area contributed by atoms with Crippen LogP contribution in [0.15, 0.2) is 60.7 Å². The zero-order chi connectivity index (χ0) is 29.1. The van der Waals surface area contributed by atoms with Crippen LogP contribution in [0, 0.1) is 14.3 Å². The van der Waals surface area contributed by atoms with Gasteiger partial charge in [0.15, 0.2) is 5.75 Å². The number of hydrogen-bond acceptors (Lipinski definition) is 7. The van der Waals surface area contributed by atoms with Crippen molar-refractivity contribution in [2.24, 2.45) is 0 Å². The van der Waals surface area contributed by atoms with Gasteiger partial charge in [-0.15, -0.1) is 0 Å². The first kappa shape index (κ1) is 30.9. The fourth-order valence-electron chi connectivity index (χ4n) is 3.80. The lowest BCUT2D eigenvalue weighted by Crippen LogP contribution is -2.43. The van der Waals surface area contributed by atoms with Crippen molar-refractivity contribution in [2.75, 3.05) is 12.0 Å². The van der Waals surface area contributed by atoms with Crippen LogP contribution in [0.3, 0.4) is 0 Å². The van der Waals surface area contributed by atoms with Crippen molar-refractivity contribution in [3.05, 3.63) is 86.1 Å². The molecule has 40 heavy (non-hydrogen) atoms. The second-order valence-electron chi connectivity index (χ2n) is 8.38. The van der Waals surface area contributed by atoms with Gasteiger partial charge in [-0.05, 0) is 138 Å². The lowest BCUT2D eigenvalue weighted by Gasteiger charge is -2.19. The Morgan fingerprint density at radius 2 is 1.52 bits per heavy atom. The van der Waals surface area contributed by atoms with Crippen molar-refractivity contribution in [2.45, 2.75) is 12.5 Å². The van der Waals surface area contributed by atoms with Gasteiger partial charge in [0.1, 0.15) is 17.5 Å². The predicted molar refractivity (Wildman–Crippen MR) is 181 cm³/mol. The number of carbonyl (C=O) groups is 4. The summed E-state index contributed by atoms with van der Waals surface area (Å²) in [7, 11) is 1.24. The lowest BCUT2D eigenvalue weighted by molar-refractivity contribution is -0.142. The monoisotopic (exact) mass is 990 g/mol. The van der Waals surface area contributed by atoms with Gasteiger partial charge in [0, 0.05) is 24.1 Å². The number of imide groups is 1. The fraction of sp³-hybridized carbons (Fsp3) is 0.111. The molecule has 4 rings (SSSR count). The highest BCUT2D eigenvalue weighted by Gasteiger charge is 2.27. The average molecular weight is 990 g/mol. The molecule has 1 aliphatic rings. The number of nitrogens with one attached hydrogen (secondary N) is 1. The Balaban J connectivity index is 1.53. The number of amides is 3. The summed E-state index contributed by atoms with van der Waals surface area (Å²) in [6.45, 7) is 0. The summed E-state index contributed by atoms with van der Waals surface area (Å²) in [5, 5.41) is 12.7. The molecule has 0 saturated carbocycles. The van der Waals surface area contributed by atoms with Gasteiger partial charge in [-0.3, -0.25) is 14.4 Å². The van der Waals surface area contributed by atoms with E-state index in [1.807, 2.05) is 57.3 Å². The quantitative estimate of drug-likeness (QED) is 0.173. The van der Waals surface area contributed by atoms with Crippen molar-refractivity contribution < 1.29 is 33.8 Å². The number of aromatic hydroxyl groups is 1. The number of methoxy groups -OCH3 is 1. The molecule has 1 heterocycles. The van der Waals surface area contributed by atoms with Gasteiger partial charge in [-0.2, -0.15) is 0 Å². The first-order chi connectivity index (χ1) is 19.0. The molecule has 1 aliphatic heterocycles. The number of hydrogen-bond donors (Lipinski definition) is 2. The third kappa shape index (κ3) is 7.07. The van der Waals surface area contributed by atoms with Crippen LogP contribution in [-0.2, 0) is 25.5 Å². The van der Waals surface area contributed by atoms with Crippen LogP contribution in [0.5, 0.6) is 17.2 Å². The van der Waals surface area contributed by atoms with E-state index in [1.54, 1.807) is 24.3 Å². The molecule has 3 aromatic rings. The summed E-state index contributed by atoms with van der Waals surface area (Å²) in [6.07, 6.45) is 2.47. The van der Waals surface area contributed by atoms with Crippen LogP contribution in [0.2, 0.25) is 0 Å². The molecule has 0 radical (unpaired) electrons. The zero-order valence-electron chi connectivity index (χ0n) is 20.4. The Kier molecular flexibility index (Phi) is 10.3. The Morgan fingerprint density at radius 1 is 0.925 bits per heavy atom. The summed E-state index contributed by atoms with van der Waals surface area (Å²) in [5.74, 6) is -0.792. The molecule has 0 unspecified atom stereocenters. The summed E-state index contributed by atoms with van der Waals surface area (Å²) in [6, 6.07) is 12.2. The Morgan fingerprint density at radius 3 is 2.10 bits per heavy atom. The maximum atomic E-state index is 13.1. The van der Waals surface area contributed by atoms with Gasteiger partial charge in [0.2, 0.25) is 0 Å². The van der Waals surface area contributed by atoms with Gasteiger partial charge in [-0.1, -0.05) is 6.07 Å². The Labute approximate surface area is 283 Å². The van der Waals surface area contributed by atoms with Crippen LogP contribution in [0.25, 0.3) is 0 Å². The summed E-state index contributed by atoms with van der Waals surface area (Å²) >= 11 is 8.37. The van der Waals surface area contributed by atoms with Gasteiger partial charge >= 0.3 is 5.97 Å². The summed E-state index contributed by atoms with van der Waals surface area (Å²) in [5.41, 5.74) is 1.18. The van der Waals surface area contributed by atoms with E-state index in [-0.39, 0.29) is 23.4 Å². The van der Waals surface area contributed by atoms with Crippen molar-refractivity contribution in [1.29, 1.82) is 0 Å². The van der Waals surface area contributed by atoms with E-state index < -0.39 is 29.7 Å². The Bertz CT molecular complexity index is 1510. The third-order valence-electron chi connectivity index (χ3n) is 5.68. The molecule has 1 atom stereocenters. The topological polar surface area (TPSA) is 122 Å². The minimum Gasteiger partial charge on any atom is -0.506 e. The number of esters is 1. The van der Waals surface area contributed by atoms with Gasteiger partial charge in [0.05, 0.1) is 27.1 Å². The van der Waals surface area contributed by atoms with E-state index in [4.69, 9.17) is 9.47 Å². The zero-order valence-corrected chi connectivity index (χ0v) is 29.0. The summed E-state index contributed by atoms with van der Waals surface area (Å²) in [4.78, 5) is 50.8. The van der Waals surface area contributed by atoms with Crippen LogP contribution in [-0.4, -0.2) is 41.9 Å². The molecule has 0 aromatic heterocycles. The fourth-order valence-corrected chi connectivity index (χ4v) is 7.63. The van der Waals surface area contributed by atoms with Gasteiger partial charge in [-0.25, -0.2) is 9.69 Å². The maximum absolute atomic E-state index is 13.1. The molecule has 3 aromatic carbocycles. The molecule has 2 N–H and O–H groups in total. The number of carbonyl (C=O) groups excluding carboxylic acids is 4. The van der Waals surface area contributed by atoms with Crippen LogP contribution >= 0.6 is 90.4 Å². The highest BCUT2D eigenvalue weighted by Crippen LogP contribution is 2.37. The van der Waals surface area contributed by atoms with Gasteiger partial charge in [0.25, 0.3) is 17.7 Å². The number of halogens is 4. The minimum atomic E-state index is -1.00. The number of rotatable bonds is 8. The first-order valence-corrected chi connectivity index (χ1v) is 15.7. The molecular weight excluding hydrogens is 972 g/mol. The molecule has 13 heteroatoms. The van der Waals surface area contributed by atoms with E-state index in [2.05, 4.69) is 50.5 Å². The average Bonchev–Trinajstić information content (AvgIpc) is 3.25. The van der Waals surface area contributed by atoms with Crippen molar-refractivity contribution in [3.63, 3.8) is 0 Å². The SMILES string of the molecule is COC(=O)[C@H](Cc1cc(I)c(Oc2cc(I)c(O)c(I)c2)c(I)c1)NC(=O)c1cccc(N2C(=O)C=CC2=O)c1. The number of phenols is 1. The normalized spacial score (nSPS) is 13.4. The lowest BCUT2D eigenvalue weighted by atomic mass is 10.0. The van der Waals surface area contributed by atoms with E-state index in [0.29, 0.717) is 18.6 Å². The molecule has 0 bridgehead atoms. The predicted octanol–water partition coefficient (Wildman–Crippen LogP) is 5.55. The third-order valence-corrected chi connectivity index (χ3v) is 8.92. The molecule has 0 saturated heterocycles. The summed E-state index contributed by atoms with van der Waals surface area (Å²) < 4.78 is 14.0. The molecule has 3 amide bonds. The molecule has 206 valence electrons. The van der Waals surface area contributed by atoms with E-state index >= 15 is 0 Å². The number of anilines is 1. The highest BCUT2D eigenvalue weighted by molar-refractivity contribution is 14.1. The highest BCUT2D eigenvalue weighted by atomic mass is 127. The molecule has 9 nitrogen and oxygen atoms in total. The first-order valence-electron chi connectivity index (χ1n) is 11.4.